The molecule has 0 aliphatic heterocycles. The second-order valence-corrected chi connectivity index (χ2v) is 7.92. The van der Waals surface area contributed by atoms with Crippen LogP contribution in [-0.2, 0) is 0 Å². The van der Waals surface area contributed by atoms with Gasteiger partial charge in [0.15, 0.2) is 5.13 Å². The third-order valence-electron chi connectivity index (χ3n) is 4.63. The van der Waals surface area contributed by atoms with Gasteiger partial charge in [-0.05, 0) is 67.9 Å². The van der Waals surface area contributed by atoms with E-state index in [9.17, 15) is 9.59 Å². The zero-order valence-corrected chi connectivity index (χ0v) is 18.0. The summed E-state index contributed by atoms with van der Waals surface area (Å²) >= 11 is 1.37. The van der Waals surface area contributed by atoms with E-state index in [1.165, 1.54) is 11.3 Å². The molecular formula is C24H21N3O3S. The Morgan fingerprint density at radius 2 is 1.61 bits per heavy atom. The monoisotopic (exact) mass is 431 g/mol. The summed E-state index contributed by atoms with van der Waals surface area (Å²) in [6, 6.07) is 19.8. The normalized spacial score (nSPS) is 10.6. The maximum absolute atomic E-state index is 12.6. The Labute approximate surface area is 183 Å². The lowest BCUT2D eigenvalue weighted by molar-refractivity contribution is 0.101. The molecule has 0 saturated heterocycles. The maximum atomic E-state index is 12.6. The van der Waals surface area contributed by atoms with E-state index in [2.05, 4.69) is 15.6 Å². The standard InChI is InChI=1S/C24H21N3O3S/c1-3-30-19-11-9-17(10-12-19)22(28)25-18-13-15(2)21-20(14-18)31-24(26-21)27-23(29)16-7-5-4-6-8-16/h4-14H,3H2,1-2H3,(H,25,28)(H,26,27,29). The van der Waals surface area contributed by atoms with Crippen LogP contribution >= 0.6 is 11.3 Å². The molecule has 0 saturated carbocycles. The second kappa shape index (κ2) is 8.97. The van der Waals surface area contributed by atoms with Gasteiger partial charge in [-0.3, -0.25) is 14.9 Å². The molecule has 2 amide bonds. The van der Waals surface area contributed by atoms with Crippen molar-refractivity contribution in [3.8, 4) is 5.75 Å². The predicted octanol–water partition coefficient (Wildman–Crippen LogP) is 5.51. The average Bonchev–Trinajstić information content (AvgIpc) is 3.18. The molecule has 0 spiro atoms. The Hall–Kier alpha value is -3.71. The van der Waals surface area contributed by atoms with E-state index in [1.54, 1.807) is 36.4 Å². The van der Waals surface area contributed by atoms with E-state index >= 15 is 0 Å². The molecule has 7 heteroatoms. The predicted molar refractivity (Wildman–Crippen MR) is 124 cm³/mol. The van der Waals surface area contributed by atoms with E-state index < -0.39 is 0 Å². The van der Waals surface area contributed by atoms with Crippen LogP contribution in [0.15, 0.2) is 66.7 Å². The van der Waals surface area contributed by atoms with Gasteiger partial charge in [-0.25, -0.2) is 4.98 Å². The fourth-order valence-electron chi connectivity index (χ4n) is 3.15. The van der Waals surface area contributed by atoms with Gasteiger partial charge >= 0.3 is 0 Å². The molecule has 156 valence electrons. The van der Waals surface area contributed by atoms with Gasteiger partial charge in [-0.2, -0.15) is 0 Å². The molecular weight excluding hydrogens is 410 g/mol. The van der Waals surface area contributed by atoms with Crippen molar-refractivity contribution in [1.29, 1.82) is 0 Å². The Morgan fingerprint density at radius 1 is 0.935 bits per heavy atom. The van der Waals surface area contributed by atoms with E-state index in [0.717, 1.165) is 21.5 Å². The SMILES string of the molecule is CCOc1ccc(C(=O)Nc2cc(C)c3nc(NC(=O)c4ccccc4)sc3c2)cc1. The third-order valence-corrected chi connectivity index (χ3v) is 5.55. The number of nitrogens with one attached hydrogen (secondary N) is 2. The largest absolute Gasteiger partial charge is 0.494 e. The van der Waals surface area contributed by atoms with E-state index in [4.69, 9.17) is 4.74 Å². The molecule has 31 heavy (non-hydrogen) atoms. The first-order valence-corrected chi connectivity index (χ1v) is 10.7. The summed E-state index contributed by atoms with van der Waals surface area (Å²) in [7, 11) is 0. The fourth-order valence-corrected chi connectivity index (χ4v) is 4.13. The van der Waals surface area contributed by atoms with Crippen LogP contribution in [0.4, 0.5) is 10.8 Å². The molecule has 3 aromatic carbocycles. The number of fused-ring (bicyclic) bond motifs is 1. The highest BCUT2D eigenvalue weighted by molar-refractivity contribution is 7.22. The van der Waals surface area contributed by atoms with Gasteiger partial charge in [0.05, 0.1) is 16.8 Å². The fraction of sp³-hybridized carbons (Fsp3) is 0.125. The molecule has 4 rings (SSSR count). The molecule has 0 radical (unpaired) electrons. The van der Waals surface area contributed by atoms with Crippen molar-refractivity contribution in [2.45, 2.75) is 13.8 Å². The maximum Gasteiger partial charge on any atom is 0.257 e. The van der Waals surface area contributed by atoms with Gasteiger partial charge in [-0.15, -0.1) is 0 Å². The summed E-state index contributed by atoms with van der Waals surface area (Å²) in [5, 5.41) is 6.29. The number of carbonyl (C=O) groups is 2. The van der Waals surface area contributed by atoms with Gasteiger partial charge in [0.25, 0.3) is 11.8 Å². The second-order valence-electron chi connectivity index (χ2n) is 6.89. The molecule has 0 bridgehead atoms. The zero-order chi connectivity index (χ0) is 21.8. The first kappa shape index (κ1) is 20.6. The smallest absolute Gasteiger partial charge is 0.257 e. The van der Waals surface area contributed by atoms with Gasteiger partial charge in [0.2, 0.25) is 0 Å². The van der Waals surface area contributed by atoms with Crippen LogP contribution in [-0.4, -0.2) is 23.4 Å². The molecule has 1 aromatic heterocycles. The number of aryl methyl sites for hydroxylation is 1. The van der Waals surface area contributed by atoms with Crippen molar-refractivity contribution in [2.24, 2.45) is 0 Å². The Kier molecular flexibility index (Phi) is 5.95. The highest BCUT2D eigenvalue weighted by atomic mass is 32.1. The van der Waals surface area contributed by atoms with Crippen molar-refractivity contribution in [1.82, 2.24) is 4.98 Å². The number of hydrogen-bond donors (Lipinski definition) is 2. The van der Waals surface area contributed by atoms with Gasteiger partial charge in [-0.1, -0.05) is 29.5 Å². The third kappa shape index (κ3) is 4.73. The van der Waals surface area contributed by atoms with Crippen LogP contribution in [0.5, 0.6) is 5.75 Å². The van der Waals surface area contributed by atoms with Crippen LogP contribution < -0.4 is 15.4 Å². The minimum atomic E-state index is -0.207. The number of benzene rings is 3. The summed E-state index contributed by atoms with van der Waals surface area (Å²) in [6.45, 7) is 4.42. The number of thiazole rings is 1. The number of ether oxygens (including phenoxy) is 1. The molecule has 1 heterocycles. The average molecular weight is 432 g/mol. The zero-order valence-electron chi connectivity index (χ0n) is 17.1. The van der Waals surface area contributed by atoms with Crippen molar-refractivity contribution in [3.05, 3.63) is 83.4 Å². The lowest BCUT2D eigenvalue weighted by atomic mass is 10.1. The number of hydrogen-bond acceptors (Lipinski definition) is 5. The lowest BCUT2D eigenvalue weighted by Gasteiger charge is -2.08. The highest BCUT2D eigenvalue weighted by Crippen LogP contribution is 2.31. The number of amides is 2. The Balaban J connectivity index is 1.52. The minimum Gasteiger partial charge on any atom is -0.494 e. The van der Waals surface area contributed by atoms with Gasteiger partial charge in [0, 0.05) is 16.8 Å². The first-order valence-electron chi connectivity index (χ1n) is 9.85. The van der Waals surface area contributed by atoms with Crippen LogP contribution in [0.3, 0.4) is 0 Å². The van der Waals surface area contributed by atoms with Gasteiger partial charge in [0.1, 0.15) is 5.75 Å². The minimum absolute atomic E-state index is 0.205. The Morgan fingerprint density at radius 3 is 2.32 bits per heavy atom. The van der Waals surface area contributed by atoms with Crippen LogP contribution in [0, 0.1) is 6.92 Å². The summed E-state index contributed by atoms with van der Waals surface area (Å²) in [5.41, 5.74) is 3.50. The summed E-state index contributed by atoms with van der Waals surface area (Å²) in [6.07, 6.45) is 0. The van der Waals surface area contributed by atoms with Crippen LogP contribution in [0.1, 0.15) is 33.2 Å². The Bertz CT molecular complexity index is 1230. The molecule has 0 atom stereocenters. The van der Waals surface area contributed by atoms with Crippen LogP contribution in [0.2, 0.25) is 0 Å². The summed E-state index contributed by atoms with van der Waals surface area (Å²) in [4.78, 5) is 29.6. The van der Waals surface area contributed by atoms with Crippen molar-refractivity contribution in [3.63, 3.8) is 0 Å². The van der Waals surface area contributed by atoms with Crippen molar-refractivity contribution >= 4 is 44.2 Å². The van der Waals surface area contributed by atoms with Crippen LogP contribution in [0.25, 0.3) is 10.2 Å². The quantitative estimate of drug-likeness (QED) is 0.422. The molecule has 0 aliphatic carbocycles. The topological polar surface area (TPSA) is 80.3 Å². The van der Waals surface area contributed by atoms with Crippen molar-refractivity contribution in [2.75, 3.05) is 17.2 Å². The molecule has 4 aromatic rings. The number of aromatic nitrogens is 1. The van der Waals surface area contributed by atoms with Gasteiger partial charge < -0.3 is 10.1 Å². The number of anilines is 2. The number of carbonyl (C=O) groups excluding carboxylic acids is 2. The summed E-state index contributed by atoms with van der Waals surface area (Å²) in [5.74, 6) is 0.316. The highest BCUT2D eigenvalue weighted by Gasteiger charge is 2.13. The molecule has 0 aliphatic rings. The van der Waals surface area contributed by atoms with E-state index in [0.29, 0.717) is 28.6 Å². The molecule has 0 fully saturated rings. The lowest BCUT2D eigenvalue weighted by Crippen LogP contribution is -2.11. The molecule has 2 N–H and O–H groups in total. The molecule has 6 nitrogen and oxygen atoms in total. The van der Waals surface area contributed by atoms with E-state index in [1.807, 2.05) is 44.2 Å². The van der Waals surface area contributed by atoms with E-state index in [-0.39, 0.29) is 11.8 Å². The summed E-state index contributed by atoms with van der Waals surface area (Å²) < 4.78 is 6.29. The number of nitrogens with zero attached hydrogens (tertiary/aromatic N) is 1. The molecule has 0 unspecified atom stereocenters. The van der Waals surface area contributed by atoms with Crippen molar-refractivity contribution < 1.29 is 14.3 Å². The first-order chi connectivity index (χ1) is 15.0. The number of rotatable bonds is 6.